The largest absolute Gasteiger partial charge is 0.382 e. The maximum absolute atomic E-state index is 5.78. The summed E-state index contributed by atoms with van der Waals surface area (Å²) in [4.78, 5) is 12.6. The Hall–Kier alpha value is -1.65. The molecule has 2 rings (SSSR count). The summed E-state index contributed by atoms with van der Waals surface area (Å²) in [5, 5.41) is 0. The molecule has 0 fully saturated rings. The third-order valence-corrected chi connectivity index (χ3v) is 3.14. The van der Waals surface area contributed by atoms with Crippen LogP contribution in [-0.2, 0) is 0 Å². The molecule has 0 amide bonds. The van der Waals surface area contributed by atoms with Crippen molar-refractivity contribution in [1.82, 2.24) is 19.5 Å². The summed E-state index contributed by atoms with van der Waals surface area (Å²) in [5.41, 5.74) is 7.34. The number of aromatic nitrogens is 4. The zero-order valence-corrected chi connectivity index (χ0v) is 10.4. The van der Waals surface area contributed by atoms with Crippen LogP contribution in [0, 0.1) is 0 Å². The van der Waals surface area contributed by atoms with Crippen LogP contribution >= 0.6 is 0 Å². The van der Waals surface area contributed by atoms with Gasteiger partial charge in [-0.15, -0.1) is 0 Å². The van der Waals surface area contributed by atoms with Crippen LogP contribution in [-0.4, -0.2) is 19.5 Å². The standard InChI is InChI=1S/C12H19N5/c1-3-5-6-9(4-2)17-8-16-10-11(13)14-7-15-12(10)17/h7-9H,3-6H2,1-2H3,(H2,13,14,15). The quantitative estimate of drug-likeness (QED) is 0.861. The molecule has 92 valence electrons. The van der Waals surface area contributed by atoms with E-state index in [1.54, 1.807) is 0 Å². The molecular formula is C12H19N5. The molecule has 2 aromatic rings. The summed E-state index contributed by atoms with van der Waals surface area (Å²) in [5.74, 6) is 0.457. The number of nitrogens with zero attached hydrogens (tertiary/aromatic N) is 4. The fourth-order valence-corrected chi connectivity index (χ4v) is 2.12. The van der Waals surface area contributed by atoms with Gasteiger partial charge in [0.25, 0.3) is 0 Å². The fourth-order valence-electron chi connectivity index (χ4n) is 2.12. The van der Waals surface area contributed by atoms with Crippen molar-refractivity contribution in [3.05, 3.63) is 12.7 Å². The number of fused-ring (bicyclic) bond motifs is 1. The first-order chi connectivity index (χ1) is 8.27. The van der Waals surface area contributed by atoms with Gasteiger partial charge in [0, 0.05) is 6.04 Å². The Morgan fingerprint density at radius 3 is 2.82 bits per heavy atom. The molecule has 0 bridgehead atoms. The van der Waals surface area contributed by atoms with E-state index in [4.69, 9.17) is 5.73 Å². The number of anilines is 1. The summed E-state index contributed by atoms with van der Waals surface area (Å²) in [6.45, 7) is 4.40. The second-order valence-corrected chi connectivity index (χ2v) is 4.29. The Balaban J connectivity index is 2.37. The number of unbranched alkanes of at least 4 members (excludes halogenated alkanes) is 1. The predicted molar refractivity (Wildman–Crippen MR) is 68.6 cm³/mol. The lowest BCUT2D eigenvalue weighted by Gasteiger charge is -2.16. The Morgan fingerprint density at radius 1 is 1.29 bits per heavy atom. The molecule has 17 heavy (non-hydrogen) atoms. The van der Waals surface area contributed by atoms with Gasteiger partial charge in [0.15, 0.2) is 11.5 Å². The van der Waals surface area contributed by atoms with Crippen molar-refractivity contribution < 1.29 is 0 Å². The van der Waals surface area contributed by atoms with Crippen LogP contribution in [0.5, 0.6) is 0 Å². The molecule has 0 saturated heterocycles. The lowest BCUT2D eigenvalue weighted by Crippen LogP contribution is -2.08. The van der Waals surface area contributed by atoms with Crippen LogP contribution in [0.2, 0.25) is 0 Å². The molecule has 0 saturated carbocycles. The molecule has 5 nitrogen and oxygen atoms in total. The summed E-state index contributed by atoms with van der Waals surface area (Å²) in [7, 11) is 0. The van der Waals surface area contributed by atoms with E-state index in [1.807, 2.05) is 6.33 Å². The van der Waals surface area contributed by atoms with Crippen LogP contribution in [0.15, 0.2) is 12.7 Å². The normalized spacial score (nSPS) is 13.1. The number of nitrogen functional groups attached to an aromatic ring is 1. The van der Waals surface area contributed by atoms with E-state index in [9.17, 15) is 0 Å². The molecule has 1 unspecified atom stereocenters. The highest BCUT2D eigenvalue weighted by molar-refractivity contribution is 5.81. The van der Waals surface area contributed by atoms with Crippen molar-refractivity contribution >= 4 is 17.0 Å². The van der Waals surface area contributed by atoms with Gasteiger partial charge in [0.1, 0.15) is 11.8 Å². The van der Waals surface area contributed by atoms with E-state index in [-0.39, 0.29) is 0 Å². The fraction of sp³-hybridized carbons (Fsp3) is 0.583. The topological polar surface area (TPSA) is 69.6 Å². The number of hydrogen-bond acceptors (Lipinski definition) is 4. The SMILES string of the molecule is CCCCC(CC)n1cnc2c(N)ncnc21. The molecule has 2 aromatic heterocycles. The van der Waals surface area contributed by atoms with E-state index >= 15 is 0 Å². The first kappa shape index (κ1) is 11.8. The Kier molecular flexibility index (Phi) is 3.56. The van der Waals surface area contributed by atoms with Gasteiger partial charge in [-0.1, -0.05) is 26.7 Å². The van der Waals surface area contributed by atoms with Crippen molar-refractivity contribution in [3.8, 4) is 0 Å². The number of rotatable bonds is 5. The second-order valence-electron chi connectivity index (χ2n) is 4.29. The maximum atomic E-state index is 5.78. The van der Waals surface area contributed by atoms with Crippen LogP contribution in [0.4, 0.5) is 5.82 Å². The summed E-state index contributed by atoms with van der Waals surface area (Å²) >= 11 is 0. The molecular weight excluding hydrogens is 214 g/mol. The van der Waals surface area contributed by atoms with Gasteiger partial charge in [-0.25, -0.2) is 15.0 Å². The molecule has 0 aliphatic rings. The third-order valence-electron chi connectivity index (χ3n) is 3.14. The molecule has 2 N–H and O–H groups in total. The highest BCUT2D eigenvalue weighted by Crippen LogP contribution is 2.24. The van der Waals surface area contributed by atoms with Crippen LogP contribution in [0.1, 0.15) is 45.6 Å². The third kappa shape index (κ3) is 2.23. The Bertz CT molecular complexity index is 491. The summed E-state index contributed by atoms with van der Waals surface area (Å²) in [6, 6.07) is 0.453. The van der Waals surface area contributed by atoms with Crippen molar-refractivity contribution in [1.29, 1.82) is 0 Å². The van der Waals surface area contributed by atoms with E-state index in [0.717, 1.165) is 18.5 Å². The molecule has 0 spiro atoms. The first-order valence-corrected chi connectivity index (χ1v) is 6.20. The van der Waals surface area contributed by atoms with Crippen molar-refractivity contribution in [3.63, 3.8) is 0 Å². The molecule has 0 aliphatic carbocycles. The van der Waals surface area contributed by atoms with Gasteiger partial charge in [-0.2, -0.15) is 0 Å². The highest BCUT2D eigenvalue weighted by atomic mass is 15.1. The van der Waals surface area contributed by atoms with Gasteiger partial charge in [-0.05, 0) is 12.8 Å². The van der Waals surface area contributed by atoms with Crippen LogP contribution in [0.3, 0.4) is 0 Å². The predicted octanol–water partition coefficient (Wildman–Crippen LogP) is 2.55. The average molecular weight is 233 g/mol. The minimum atomic E-state index is 0.453. The van der Waals surface area contributed by atoms with E-state index in [2.05, 4.69) is 33.4 Å². The number of hydrogen-bond donors (Lipinski definition) is 1. The van der Waals surface area contributed by atoms with Gasteiger partial charge in [0.2, 0.25) is 0 Å². The van der Waals surface area contributed by atoms with Crippen molar-refractivity contribution in [2.24, 2.45) is 0 Å². The summed E-state index contributed by atoms with van der Waals surface area (Å²) < 4.78 is 2.13. The smallest absolute Gasteiger partial charge is 0.165 e. The van der Waals surface area contributed by atoms with E-state index < -0.39 is 0 Å². The molecule has 2 heterocycles. The molecule has 5 heteroatoms. The molecule has 0 radical (unpaired) electrons. The average Bonchev–Trinajstić information content (AvgIpc) is 2.76. The number of imidazole rings is 1. The van der Waals surface area contributed by atoms with E-state index in [1.165, 1.54) is 19.2 Å². The molecule has 0 aliphatic heterocycles. The lowest BCUT2D eigenvalue weighted by atomic mass is 10.1. The highest BCUT2D eigenvalue weighted by Gasteiger charge is 2.14. The van der Waals surface area contributed by atoms with Gasteiger partial charge < -0.3 is 10.3 Å². The Morgan fingerprint density at radius 2 is 2.12 bits per heavy atom. The van der Waals surface area contributed by atoms with Gasteiger partial charge >= 0.3 is 0 Å². The van der Waals surface area contributed by atoms with Crippen molar-refractivity contribution in [2.75, 3.05) is 5.73 Å². The monoisotopic (exact) mass is 233 g/mol. The maximum Gasteiger partial charge on any atom is 0.165 e. The zero-order valence-electron chi connectivity index (χ0n) is 10.4. The van der Waals surface area contributed by atoms with Crippen LogP contribution < -0.4 is 5.73 Å². The lowest BCUT2D eigenvalue weighted by molar-refractivity contribution is 0.444. The van der Waals surface area contributed by atoms with Gasteiger partial charge in [-0.3, -0.25) is 0 Å². The molecule has 0 aromatic carbocycles. The van der Waals surface area contributed by atoms with Crippen LogP contribution in [0.25, 0.3) is 11.2 Å². The minimum Gasteiger partial charge on any atom is -0.382 e. The second kappa shape index (κ2) is 5.12. The van der Waals surface area contributed by atoms with Gasteiger partial charge in [0.05, 0.1) is 6.33 Å². The van der Waals surface area contributed by atoms with E-state index in [0.29, 0.717) is 17.4 Å². The zero-order chi connectivity index (χ0) is 12.3. The Labute approximate surface area is 101 Å². The summed E-state index contributed by atoms with van der Waals surface area (Å²) in [6.07, 6.45) is 8.00. The first-order valence-electron chi connectivity index (χ1n) is 6.20. The van der Waals surface area contributed by atoms with Crippen molar-refractivity contribution in [2.45, 2.75) is 45.6 Å². The minimum absolute atomic E-state index is 0.453. The number of nitrogens with two attached hydrogens (primary N) is 1. The molecule has 1 atom stereocenters.